The van der Waals surface area contributed by atoms with Gasteiger partial charge in [-0.3, -0.25) is 0 Å². The topological polar surface area (TPSA) is 29.5 Å². The molecule has 132 valence electrons. The van der Waals surface area contributed by atoms with Crippen LogP contribution in [0.15, 0.2) is 72.8 Å². The number of amides is 1. The summed E-state index contributed by atoms with van der Waals surface area (Å²) in [7, 11) is 0. The number of fused-ring (bicyclic) bond motifs is 1. The fraction of sp³-hybridized carbons (Fsp3) is 0.261. The normalized spacial score (nSPS) is 16.8. The summed E-state index contributed by atoms with van der Waals surface area (Å²) >= 11 is 0. The van der Waals surface area contributed by atoms with Crippen molar-refractivity contribution in [3.05, 3.63) is 83.9 Å². The number of ether oxygens (including phenoxy) is 1. The van der Waals surface area contributed by atoms with E-state index in [2.05, 4.69) is 42.5 Å². The van der Waals surface area contributed by atoms with E-state index in [4.69, 9.17) is 4.74 Å². The van der Waals surface area contributed by atoms with Crippen LogP contribution in [-0.2, 0) is 17.8 Å². The van der Waals surface area contributed by atoms with Gasteiger partial charge in [-0.2, -0.15) is 0 Å². The van der Waals surface area contributed by atoms with Crippen LogP contribution in [0.2, 0.25) is 0 Å². The number of nitrogens with zero attached hydrogens (tertiary/aromatic N) is 1. The van der Waals surface area contributed by atoms with Crippen LogP contribution in [0.5, 0.6) is 0 Å². The van der Waals surface area contributed by atoms with Gasteiger partial charge in [-0.1, -0.05) is 72.8 Å². The third kappa shape index (κ3) is 3.57. The van der Waals surface area contributed by atoms with Crippen LogP contribution in [0.4, 0.5) is 4.79 Å². The summed E-state index contributed by atoms with van der Waals surface area (Å²) in [6.45, 7) is 1.11. The first-order valence-corrected chi connectivity index (χ1v) is 9.25. The molecule has 0 aromatic heterocycles. The number of hydrogen-bond acceptors (Lipinski definition) is 2. The minimum atomic E-state index is -0.198. The van der Waals surface area contributed by atoms with Crippen molar-refractivity contribution in [1.29, 1.82) is 0 Å². The smallest absolute Gasteiger partial charge is 0.410 e. The van der Waals surface area contributed by atoms with E-state index in [1.807, 2.05) is 35.2 Å². The predicted octanol–water partition coefficient (Wildman–Crippen LogP) is 5.18. The van der Waals surface area contributed by atoms with Crippen molar-refractivity contribution in [1.82, 2.24) is 4.90 Å². The molecule has 1 heterocycles. The van der Waals surface area contributed by atoms with E-state index in [9.17, 15) is 4.79 Å². The molecule has 0 saturated carbocycles. The fourth-order valence-corrected chi connectivity index (χ4v) is 3.81. The lowest BCUT2D eigenvalue weighted by atomic mass is 9.98. The lowest BCUT2D eigenvalue weighted by molar-refractivity contribution is 0.0921. The van der Waals surface area contributed by atoms with Gasteiger partial charge in [0.15, 0.2) is 0 Å². The van der Waals surface area contributed by atoms with E-state index >= 15 is 0 Å². The summed E-state index contributed by atoms with van der Waals surface area (Å²) in [6, 6.07) is 24.9. The molecule has 1 aliphatic heterocycles. The summed E-state index contributed by atoms with van der Waals surface area (Å²) in [5.74, 6) is 0. The van der Waals surface area contributed by atoms with Crippen molar-refractivity contribution in [3.8, 4) is 0 Å². The molecular formula is C23H23NO2. The molecule has 1 fully saturated rings. The molecule has 0 spiro atoms. The zero-order valence-corrected chi connectivity index (χ0v) is 14.8. The molecule has 0 radical (unpaired) electrons. The quantitative estimate of drug-likeness (QED) is 0.652. The van der Waals surface area contributed by atoms with Gasteiger partial charge >= 0.3 is 6.09 Å². The van der Waals surface area contributed by atoms with Gasteiger partial charge in [-0.25, -0.2) is 4.79 Å². The first-order valence-electron chi connectivity index (χ1n) is 9.25. The Morgan fingerprint density at radius 2 is 1.73 bits per heavy atom. The van der Waals surface area contributed by atoms with E-state index < -0.39 is 0 Å². The van der Waals surface area contributed by atoms with Crippen LogP contribution in [0, 0.1) is 0 Å². The number of benzene rings is 3. The summed E-state index contributed by atoms with van der Waals surface area (Å²) in [4.78, 5) is 14.5. The van der Waals surface area contributed by atoms with Crippen molar-refractivity contribution < 1.29 is 9.53 Å². The van der Waals surface area contributed by atoms with Gasteiger partial charge in [0.2, 0.25) is 0 Å². The number of carbonyl (C=O) groups excluding carboxylic acids is 1. The molecule has 1 unspecified atom stereocenters. The maximum Gasteiger partial charge on any atom is 0.410 e. The Hall–Kier alpha value is -2.81. The maximum atomic E-state index is 12.6. The lowest BCUT2D eigenvalue weighted by Crippen LogP contribution is -2.37. The first kappa shape index (κ1) is 16.6. The minimum Gasteiger partial charge on any atom is -0.445 e. The van der Waals surface area contributed by atoms with Crippen LogP contribution >= 0.6 is 0 Å². The second-order valence-electron chi connectivity index (χ2n) is 6.87. The van der Waals surface area contributed by atoms with E-state index in [0.717, 1.165) is 31.4 Å². The van der Waals surface area contributed by atoms with Gasteiger partial charge in [0, 0.05) is 12.6 Å². The number of hydrogen-bond donors (Lipinski definition) is 0. The fourth-order valence-electron chi connectivity index (χ4n) is 3.81. The van der Waals surface area contributed by atoms with Gasteiger partial charge in [0.05, 0.1) is 0 Å². The molecule has 3 heteroatoms. The molecule has 0 N–H and O–H groups in total. The first-order chi connectivity index (χ1) is 12.8. The molecule has 1 saturated heterocycles. The second-order valence-corrected chi connectivity index (χ2v) is 6.87. The van der Waals surface area contributed by atoms with Crippen molar-refractivity contribution in [2.75, 3.05) is 6.54 Å². The molecule has 1 aliphatic rings. The minimum absolute atomic E-state index is 0.198. The van der Waals surface area contributed by atoms with E-state index in [1.165, 1.54) is 16.3 Å². The zero-order chi connectivity index (χ0) is 17.8. The summed E-state index contributed by atoms with van der Waals surface area (Å²) < 4.78 is 5.55. The van der Waals surface area contributed by atoms with E-state index in [1.54, 1.807) is 0 Å². The van der Waals surface area contributed by atoms with Crippen molar-refractivity contribution in [2.24, 2.45) is 0 Å². The summed E-state index contributed by atoms with van der Waals surface area (Å²) in [6.07, 6.45) is 2.75. The molecule has 3 nitrogen and oxygen atoms in total. The molecule has 3 aromatic rings. The lowest BCUT2D eigenvalue weighted by Gasteiger charge is -2.24. The summed E-state index contributed by atoms with van der Waals surface area (Å²) in [5, 5.41) is 2.53. The highest BCUT2D eigenvalue weighted by Gasteiger charge is 2.30. The zero-order valence-electron chi connectivity index (χ0n) is 14.8. The molecule has 26 heavy (non-hydrogen) atoms. The van der Waals surface area contributed by atoms with Crippen LogP contribution < -0.4 is 0 Å². The Bertz CT molecular complexity index is 886. The molecule has 1 amide bonds. The van der Waals surface area contributed by atoms with Gasteiger partial charge in [-0.05, 0) is 41.2 Å². The molecule has 0 bridgehead atoms. The Morgan fingerprint density at radius 1 is 0.962 bits per heavy atom. The Labute approximate surface area is 154 Å². The number of rotatable bonds is 4. The average molecular weight is 345 g/mol. The monoisotopic (exact) mass is 345 g/mol. The van der Waals surface area contributed by atoms with Crippen LogP contribution in [-0.4, -0.2) is 23.6 Å². The Morgan fingerprint density at radius 3 is 2.62 bits per heavy atom. The second kappa shape index (κ2) is 7.61. The Balaban J connectivity index is 1.45. The van der Waals surface area contributed by atoms with Gasteiger partial charge in [0.1, 0.15) is 6.61 Å². The van der Waals surface area contributed by atoms with E-state index in [-0.39, 0.29) is 12.1 Å². The SMILES string of the molecule is O=C(OCc1ccccc1)N1CCCC1Cc1cccc2ccccc12. The van der Waals surface area contributed by atoms with Gasteiger partial charge < -0.3 is 9.64 Å². The van der Waals surface area contributed by atoms with Gasteiger partial charge in [0.25, 0.3) is 0 Å². The number of carbonyl (C=O) groups is 1. The van der Waals surface area contributed by atoms with Crippen LogP contribution in [0.3, 0.4) is 0 Å². The largest absolute Gasteiger partial charge is 0.445 e. The van der Waals surface area contributed by atoms with Crippen LogP contribution in [0.25, 0.3) is 10.8 Å². The maximum absolute atomic E-state index is 12.6. The Kier molecular flexibility index (Phi) is 4.87. The number of likely N-dealkylation sites (tertiary alicyclic amines) is 1. The molecule has 1 atom stereocenters. The highest BCUT2D eigenvalue weighted by atomic mass is 16.6. The summed E-state index contributed by atoms with van der Waals surface area (Å²) in [5.41, 5.74) is 2.32. The predicted molar refractivity (Wildman–Crippen MR) is 104 cm³/mol. The third-order valence-electron chi connectivity index (χ3n) is 5.15. The average Bonchev–Trinajstić information content (AvgIpc) is 3.15. The molecular weight excluding hydrogens is 322 g/mol. The highest BCUT2D eigenvalue weighted by molar-refractivity contribution is 5.85. The standard InChI is InChI=1S/C23H23NO2/c25-23(26-17-18-8-2-1-3-9-18)24-15-7-13-21(24)16-20-12-6-11-19-10-4-5-14-22(19)20/h1-6,8-12,14,21H,7,13,15-17H2. The van der Waals surface area contributed by atoms with Crippen molar-refractivity contribution in [3.63, 3.8) is 0 Å². The van der Waals surface area contributed by atoms with Crippen molar-refractivity contribution >= 4 is 16.9 Å². The molecule has 0 aliphatic carbocycles. The highest BCUT2D eigenvalue weighted by Crippen LogP contribution is 2.26. The van der Waals surface area contributed by atoms with Crippen molar-refractivity contribution in [2.45, 2.75) is 31.9 Å². The third-order valence-corrected chi connectivity index (χ3v) is 5.15. The van der Waals surface area contributed by atoms with Crippen LogP contribution in [0.1, 0.15) is 24.0 Å². The molecule has 3 aromatic carbocycles. The van der Waals surface area contributed by atoms with Gasteiger partial charge in [-0.15, -0.1) is 0 Å². The molecule has 4 rings (SSSR count). The van der Waals surface area contributed by atoms with E-state index in [0.29, 0.717) is 6.61 Å².